The highest BCUT2D eigenvalue weighted by atomic mass is 16.1. The van der Waals surface area contributed by atoms with Gasteiger partial charge in [-0.25, -0.2) is 0 Å². The minimum atomic E-state index is 0.282. The quantitative estimate of drug-likeness (QED) is 0.440. The molecular formula is C20H39NO. The summed E-state index contributed by atoms with van der Waals surface area (Å²) >= 11 is 0. The molecule has 0 radical (unpaired) electrons. The molecule has 130 valence electrons. The van der Waals surface area contributed by atoms with Crippen molar-refractivity contribution in [2.45, 2.75) is 110 Å². The van der Waals surface area contributed by atoms with Crippen molar-refractivity contribution >= 4 is 5.91 Å². The molecule has 1 aliphatic rings. The van der Waals surface area contributed by atoms with E-state index in [2.05, 4.69) is 19.2 Å². The van der Waals surface area contributed by atoms with Crippen molar-refractivity contribution < 1.29 is 4.79 Å². The van der Waals surface area contributed by atoms with Crippen molar-refractivity contribution in [2.24, 2.45) is 5.41 Å². The van der Waals surface area contributed by atoms with Gasteiger partial charge in [0.15, 0.2) is 0 Å². The first-order chi connectivity index (χ1) is 10.7. The van der Waals surface area contributed by atoms with Gasteiger partial charge < -0.3 is 5.32 Å². The van der Waals surface area contributed by atoms with Crippen LogP contribution in [0.15, 0.2) is 0 Å². The second kappa shape index (κ2) is 12.0. The molecule has 0 aliphatic heterocycles. The fourth-order valence-corrected chi connectivity index (χ4v) is 3.75. The van der Waals surface area contributed by atoms with Crippen molar-refractivity contribution in [3.63, 3.8) is 0 Å². The summed E-state index contributed by atoms with van der Waals surface area (Å²) in [6, 6.07) is 0. The van der Waals surface area contributed by atoms with E-state index in [4.69, 9.17) is 0 Å². The zero-order valence-electron chi connectivity index (χ0n) is 15.2. The number of hydrogen-bond acceptors (Lipinski definition) is 1. The molecule has 1 saturated carbocycles. The molecule has 1 aliphatic carbocycles. The van der Waals surface area contributed by atoms with Crippen LogP contribution < -0.4 is 5.32 Å². The Hall–Kier alpha value is -0.530. The second-order valence-corrected chi connectivity index (χ2v) is 7.42. The van der Waals surface area contributed by atoms with Gasteiger partial charge in [0.2, 0.25) is 5.91 Å². The molecule has 0 spiro atoms. The van der Waals surface area contributed by atoms with Crippen LogP contribution in [-0.2, 0) is 4.79 Å². The zero-order chi connectivity index (χ0) is 16.1. The van der Waals surface area contributed by atoms with Crippen LogP contribution in [0.2, 0.25) is 0 Å². The molecule has 0 heterocycles. The predicted octanol–water partition coefficient (Wildman–Crippen LogP) is 5.99. The summed E-state index contributed by atoms with van der Waals surface area (Å²) in [5.74, 6) is 0.282. The number of rotatable bonds is 12. The largest absolute Gasteiger partial charge is 0.356 e. The molecule has 2 heteroatoms. The van der Waals surface area contributed by atoms with Crippen LogP contribution >= 0.6 is 0 Å². The first-order valence-electron chi connectivity index (χ1n) is 9.99. The van der Waals surface area contributed by atoms with Crippen LogP contribution in [0, 0.1) is 5.41 Å². The average molecular weight is 310 g/mol. The summed E-state index contributed by atoms with van der Waals surface area (Å²) in [6.45, 7) is 5.46. The maximum atomic E-state index is 12.0. The Morgan fingerprint density at radius 2 is 1.45 bits per heavy atom. The smallest absolute Gasteiger partial charge is 0.220 e. The monoisotopic (exact) mass is 309 g/mol. The third-order valence-corrected chi connectivity index (χ3v) is 5.58. The van der Waals surface area contributed by atoms with Gasteiger partial charge in [-0.2, -0.15) is 0 Å². The first-order valence-corrected chi connectivity index (χ1v) is 9.99. The van der Waals surface area contributed by atoms with E-state index in [9.17, 15) is 4.79 Å². The standard InChI is InChI=1S/C20H39NO/c1-3-5-6-7-8-9-10-12-15-19(22)21-18-20(4-2)16-13-11-14-17-20/h3-18H2,1-2H3,(H,21,22). The Morgan fingerprint density at radius 1 is 0.864 bits per heavy atom. The summed E-state index contributed by atoms with van der Waals surface area (Å²) in [5.41, 5.74) is 0.410. The van der Waals surface area contributed by atoms with E-state index in [0.717, 1.165) is 19.4 Å². The Morgan fingerprint density at radius 3 is 2.05 bits per heavy atom. The Kier molecular flexibility index (Phi) is 10.6. The molecule has 0 saturated heterocycles. The van der Waals surface area contributed by atoms with Gasteiger partial charge in [0.25, 0.3) is 0 Å². The average Bonchev–Trinajstić information content (AvgIpc) is 2.56. The summed E-state index contributed by atoms with van der Waals surface area (Å²) in [4.78, 5) is 12.0. The number of nitrogens with one attached hydrogen (secondary N) is 1. The lowest BCUT2D eigenvalue weighted by Crippen LogP contribution is -2.38. The van der Waals surface area contributed by atoms with Crippen LogP contribution in [0.3, 0.4) is 0 Å². The van der Waals surface area contributed by atoms with E-state index in [-0.39, 0.29) is 5.91 Å². The molecule has 0 aromatic heterocycles. The van der Waals surface area contributed by atoms with E-state index in [1.807, 2.05) is 0 Å². The van der Waals surface area contributed by atoms with Gasteiger partial charge in [0.05, 0.1) is 0 Å². The van der Waals surface area contributed by atoms with Crippen molar-refractivity contribution in [1.29, 1.82) is 0 Å². The fraction of sp³-hybridized carbons (Fsp3) is 0.950. The molecule has 0 atom stereocenters. The molecule has 0 aromatic rings. The Balaban J connectivity index is 2.01. The van der Waals surface area contributed by atoms with Gasteiger partial charge in [0.1, 0.15) is 0 Å². The maximum Gasteiger partial charge on any atom is 0.220 e. The SMILES string of the molecule is CCCCCCCCCCC(=O)NCC1(CC)CCCCC1. The summed E-state index contributed by atoms with van der Waals surface area (Å²) in [6.07, 6.45) is 19.0. The molecule has 2 nitrogen and oxygen atoms in total. The lowest BCUT2D eigenvalue weighted by atomic mass is 9.72. The molecule has 0 aromatic carbocycles. The van der Waals surface area contributed by atoms with Crippen LogP contribution in [0.5, 0.6) is 0 Å². The minimum absolute atomic E-state index is 0.282. The molecule has 1 N–H and O–H groups in total. The third-order valence-electron chi connectivity index (χ3n) is 5.58. The van der Waals surface area contributed by atoms with E-state index >= 15 is 0 Å². The van der Waals surface area contributed by atoms with Gasteiger partial charge in [-0.15, -0.1) is 0 Å². The van der Waals surface area contributed by atoms with E-state index in [0.29, 0.717) is 5.41 Å². The van der Waals surface area contributed by atoms with Crippen LogP contribution in [0.25, 0.3) is 0 Å². The predicted molar refractivity (Wildman–Crippen MR) is 96.0 cm³/mol. The lowest BCUT2D eigenvalue weighted by Gasteiger charge is -2.36. The maximum absolute atomic E-state index is 12.0. The van der Waals surface area contributed by atoms with Gasteiger partial charge in [-0.3, -0.25) is 4.79 Å². The van der Waals surface area contributed by atoms with E-state index in [1.165, 1.54) is 83.5 Å². The number of amides is 1. The van der Waals surface area contributed by atoms with Gasteiger partial charge in [0, 0.05) is 13.0 Å². The van der Waals surface area contributed by atoms with Crippen LogP contribution in [0.1, 0.15) is 110 Å². The van der Waals surface area contributed by atoms with E-state index < -0.39 is 0 Å². The van der Waals surface area contributed by atoms with Crippen molar-refractivity contribution in [2.75, 3.05) is 6.54 Å². The molecule has 1 fully saturated rings. The number of hydrogen-bond donors (Lipinski definition) is 1. The summed E-state index contributed by atoms with van der Waals surface area (Å²) in [7, 11) is 0. The van der Waals surface area contributed by atoms with Gasteiger partial charge >= 0.3 is 0 Å². The highest BCUT2D eigenvalue weighted by molar-refractivity contribution is 5.75. The zero-order valence-corrected chi connectivity index (χ0v) is 15.2. The topological polar surface area (TPSA) is 29.1 Å². The van der Waals surface area contributed by atoms with E-state index in [1.54, 1.807) is 0 Å². The molecular weight excluding hydrogens is 270 g/mol. The van der Waals surface area contributed by atoms with Crippen molar-refractivity contribution in [1.82, 2.24) is 5.32 Å². The number of unbranched alkanes of at least 4 members (excludes halogenated alkanes) is 7. The summed E-state index contributed by atoms with van der Waals surface area (Å²) in [5, 5.41) is 3.22. The lowest BCUT2D eigenvalue weighted by molar-refractivity contribution is -0.121. The normalized spacial score (nSPS) is 17.4. The van der Waals surface area contributed by atoms with Crippen molar-refractivity contribution in [3.8, 4) is 0 Å². The second-order valence-electron chi connectivity index (χ2n) is 7.42. The third kappa shape index (κ3) is 8.19. The molecule has 1 amide bonds. The molecule has 22 heavy (non-hydrogen) atoms. The van der Waals surface area contributed by atoms with Gasteiger partial charge in [-0.05, 0) is 31.1 Å². The Labute approximate surface area is 138 Å². The summed E-state index contributed by atoms with van der Waals surface area (Å²) < 4.78 is 0. The number of carbonyl (C=O) groups excluding carboxylic acids is 1. The first kappa shape index (κ1) is 19.5. The number of carbonyl (C=O) groups is 1. The molecule has 1 rings (SSSR count). The van der Waals surface area contributed by atoms with Crippen molar-refractivity contribution in [3.05, 3.63) is 0 Å². The molecule has 0 unspecified atom stereocenters. The fourth-order valence-electron chi connectivity index (χ4n) is 3.75. The highest BCUT2D eigenvalue weighted by Gasteiger charge is 2.30. The van der Waals surface area contributed by atoms with Gasteiger partial charge in [-0.1, -0.05) is 78.1 Å². The van der Waals surface area contributed by atoms with Crippen LogP contribution in [-0.4, -0.2) is 12.5 Å². The minimum Gasteiger partial charge on any atom is -0.356 e. The Bertz CT molecular complexity index is 281. The highest BCUT2D eigenvalue weighted by Crippen LogP contribution is 2.38. The molecule has 0 bridgehead atoms. The van der Waals surface area contributed by atoms with Crippen LogP contribution in [0.4, 0.5) is 0 Å².